The molecule has 3 N–H and O–H groups in total. The van der Waals surface area contributed by atoms with Gasteiger partial charge < -0.3 is 25.0 Å². The van der Waals surface area contributed by atoms with Crippen molar-refractivity contribution in [3.63, 3.8) is 0 Å². The summed E-state index contributed by atoms with van der Waals surface area (Å²) >= 11 is 1.51. The molecule has 4 aromatic rings. The summed E-state index contributed by atoms with van der Waals surface area (Å²) in [5.74, 6) is 0.197. The molecule has 60 heavy (non-hydrogen) atoms. The zero-order valence-electron chi connectivity index (χ0n) is 35.4. The minimum Gasteiger partial charge on any atom is -0.496 e. The predicted molar refractivity (Wildman–Crippen MR) is 232 cm³/mol. The van der Waals surface area contributed by atoms with E-state index in [-0.39, 0.29) is 30.7 Å². The zero-order chi connectivity index (χ0) is 42.7. The van der Waals surface area contributed by atoms with E-state index in [9.17, 15) is 22.8 Å². The molecule has 8 rings (SSSR count). The number of rotatable bonds is 15. The summed E-state index contributed by atoms with van der Waals surface area (Å²) in [5.41, 5.74) is 1.92. The zero-order valence-corrected chi connectivity index (χ0v) is 37.0. The number of carbonyl (C=O) groups is 3. The van der Waals surface area contributed by atoms with Gasteiger partial charge in [-0.1, -0.05) is 65.7 Å². The number of ether oxygens (including phenoxy) is 2. The Kier molecular flexibility index (Phi) is 11.1. The summed E-state index contributed by atoms with van der Waals surface area (Å²) < 4.78 is 40.9. The Morgan fingerprint density at radius 2 is 1.75 bits per heavy atom. The molecule has 3 amide bonds. The Labute approximate surface area is 356 Å². The van der Waals surface area contributed by atoms with Crippen molar-refractivity contribution in [2.75, 3.05) is 19.0 Å². The second kappa shape index (κ2) is 15.9. The lowest BCUT2D eigenvalue weighted by Gasteiger charge is -2.36. The molecule has 1 saturated heterocycles. The number of thiazole rings is 1. The van der Waals surface area contributed by atoms with E-state index in [2.05, 4.69) is 29.2 Å². The highest BCUT2D eigenvalue weighted by Gasteiger charge is 2.63. The SMILES string of the molecule is COc1ccc2c(O[C@@H]3C[C@@H](C(=O)N[C@]4(C(=O)NS(=O)(=O)C5CC5)C[C@H]4CC4CC4)N(C(=O)[C@@H](Nc4ccccc4)C(C)(C)C)C3)cc(-c3nc(C(C)C)cs3)nc2c1C. The fourth-order valence-electron chi connectivity index (χ4n) is 8.39. The third-order valence-electron chi connectivity index (χ3n) is 12.4. The van der Waals surface area contributed by atoms with E-state index in [4.69, 9.17) is 19.4 Å². The number of pyridine rings is 1. The Bertz CT molecular complexity index is 2410. The van der Waals surface area contributed by atoms with Crippen molar-refractivity contribution in [2.24, 2.45) is 17.3 Å². The molecule has 3 saturated carbocycles. The smallest absolute Gasteiger partial charge is 0.259 e. The first kappa shape index (κ1) is 42.0. The molecule has 1 aliphatic heterocycles. The second-order valence-corrected chi connectivity index (χ2v) is 21.4. The third kappa shape index (κ3) is 8.57. The van der Waals surface area contributed by atoms with Gasteiger partial charge in [0.2, 0.25) is 21.8 Å². The number of nitrogens with one attached hydrogen (secondary N) is 3. The van der Waals surface area contributed by atoms with E-state index in [1.807, 2.05) is 81.6 Å². The number of sulfonamides is 1. The van der Waals surface area contributed by atoms with Gasteiger partial charge in [-0.05, 0) is 80.0 Å². The lowest BCUT2D eigenvalue weighted by atomic mass is 9.85. The van der Waals surface area contributed by atoms with Gasteiger partial charge >= 0.3 is 0 Å². The number of likely N-dealkylation sites (tertiary alicyclic amines) is 1. The molecule has 320 valence electrons. The van der Waals surface area contributed by atoms with Crippen LogP contribution >= 0.6 is 11.3 Å². The van der Waals surface area contributed by atoms with E-state index < -0.39 is 56.2 Å². The molecule has 2 aromatic carbocycles. The summed E-state index contributed by atoms with van der Waals surface area (Å²) in [4.78, 5) is 55.2. The van der Waals surface area contributed by atoms with Crippen molar-refractivity contribution in [1.82, 2.24) is 24.9 Å². The molecule has 3 aliphatic carbocycles. The summed E-state index contributed by atoms with van der Waals surface area (Å²) in [6.07, 6.45) is 3.67. The number of amides is 3. The van der Waals surface area contributed by atoms with Crippen LogP contribution in [0.4, 0.5) is 5.69 Å². The Balaban J connectivity index is 1.14. The van der Waals surface area contributed by atoms with Crippen molar-refractivity contribution in [3.05, 3.63) is 65.2 Å². The fourth-order valence-corrected chi connectivity index (χ4v) is 10.7. The number of aryl methyl sites for hydroxylation is 1. The maximum Gasteiger partial charge on any atom is 0.259 e. The highest BCUT2D eigenvalue weighted by atomic mass is 32.2. The van der Waals surface area contributed by atoms with Crippen LogP contribution in [0.5, 0.6) is 11.5 Å². The van der Waals surface area contributed by atoms with Crippen LogP contribution in [-0.2, 0) is 24.4 Å². The molecule has 3 heterocycles. The monoisotopic (exact) mass is 856 g/mol. The third-order valence-corrected chi connectivity index (χ3v) is 15.1. The Morgan fingerprint density at radius 3 is 2.38 bits per heavy atom. The predicted octanol–water partition coefficient (Wildman–Crippen LogP) is 6.96. The van der Waals surface area contributed by atoms with Crippen molar-refractivity contribution in [2.45, 2.75) is 121 Å². The highest BCUT2D eigenvalue weighted by Crippen LogP contribution is 2.52. The van der Waals surface area contributed by atoms with Crippen LogP contribution in [-0.4, -0.2) is 83.6 Å². The largest absolute Gasteiger partial charge is 0.496 e. The maximum absolute atomic E-state index is 15.0. The fraction of sp³-hybridized carbons (Fsp3) is 0.533. The lowest BCUT2D eigenvalue weighted by molar-refractivity contribution is -0.141. The van der Waals surface area contributed by atoms with Gasteiger partial charge in [-0.2, -0.15) is 0 Å². The summed E-state index contributed by atoms with van der Waals surface area (Å²) in [6.45, 7) is 12.1. The van der Waals surface area contributed by atoms with Crippen LogP contribution in [0.3, 0.4) is 0 Å². The molecule has 4 fully saturated rings. The van der Waals surface area contributed by atoms with Crippen molar-refractivity contribution < 1.29 is 32.3 Å². The van der Waals surface area contributed by atoms with Gasteiger partial charge in [-0.25, -0.2) is 18.4 Å². The first-order chi connectivity index (χ1) is 28.5. The topological polar surface area (TPSA) is 169 Å². The van der Waals surface area contributed by atoms with E-state index in [1.54, 1.807) is 12.0 Å². The molecule has 0 spiro atoms. The van der Waals surface area contributed by atoms with Crippen LogP contribution in [0.2, 0.25) is 0 Å². The molecular formula is C45H56N6O7S2. The van der Waals surface area contributed by atoms with Crippen LogP contribution < -0.4 is 24.8 Å². The van der Waals surface area contributed by atoms with Gasteiger partial charge in [-0.15, -0.1) is 11.3 Å². The summed E-state index contributed by atoms with van der Waals surface area (Å²) in [5, 5.41) is 9.41. The number of nitrogens with zero attached hydrogens (tertiary/aromatic N) is 3. The number of aromatic nitrogens is 2. The van der Waals surface area contributed by atoms with Crippen LogP contribution in [0.1, 0.15) is 96.7 Å². The van der Waals surface area contributed by atoms with Gasteiger partial charge in [0.25, 0.3) is 5.91 Å². The van der Waals surface area contributed by atoms with Gasteiger partial charge in [0.1, 0.15) is 45.9 Å². The van der Waals surface area contributed by atoms with E-state index in [0.717, 1.165) is 46.6 Å². The van der Waals surface area contributed by atoms with Crippen LogP contribution in [0, 0.1) is 24.2 Å². The summed E-state index contributed by atoms with van der Waals surface area (Å²) in [6, 6.07) is 13.4. The number of fused-ring (bicyclic) bond motifs is 1. The van der Waals surface area contributed by atoms with Crippen LogP contribution in [0.15, 0.2) is 53.9 Å². The number of methoxy groups -OCH3 is 1. The van der Waals surface area contributed by atoms with E-state index >= 15 is 0 Å². The van der Waals surface area contributed by atoms with Crippen molar-refractivity contribution >= 4 is 55.7 Å². The number of hydrogen-bond donors (Lipinski definition) is 3. The average Bonchev–Trinajstić information content (AvgIpc) is 4.17. The molecule has 0 bridgehead atoms. The minimum absolute atomic E-state index is 0.0871. The van der Waals surface area contributed by atoms with Crippen molar-refractivity contribution in [1.29, 1.82) is 0 Å². The first-order valence-corrected chi connectivity index (χ1v) is 23.5. The average molecular weight is 857 g/mol. The van der Waals surface area contributed by atoms with E-state index in [0.29, 0.717) is 47.9 Å². The standard InChI is InChI=1S/C45H56N6O7S2/c1-25(2)34-24-59-41(48-34)33-21-37(32-17-18-36(57-7)26(3)38(32)47-33)58-30-20-35(51(23-30)42(53)39(44(4,5)6)46-29-11-9-8-10-12-29)40(52)49-45(22-28(45)19-27-13-14-27)43(54)50-60(55,56)31-15-16-31/h8-12,17-18,21,24-25,27-28,30-31,35,39,46H,13-16,19-20,22-23H2,1-7H3,(H,49,52)(H,50,54)/t28-,30-,35+,39-,45-/m1/s1. The molecule has 4 aliphatic rings. The van der Waals surface area contributed by atoms with Gasteiger partial charge in [0.05, 0.1) is 30.1 Å². The minimum atomic E-state index is -3.86. The maximum atomic E-state index is 15.0. The number of benzene rings is 2. The molecule has 13 nitrogen and oxygen atoms in total. The van der Waals surface area contributed by atoms with Gasteiger partial charge in [-0.3, -0.25) is 19.1 Å². The highest BCUT2D eigenvalue weighted by molar-refractivity contribution is 7.91. The molecule has 0 unspecified atom stereocenters. The Hall–Kier alpha value is -4.76. The first-order valence-electron chi connectivity index (χ1n) is 21.1. The number of para-hydroxylation sites is 1. The molecular weight excluding hydrogens is 801 g/mol. The lowest BCUT2D eigenvalue weighted by Crippen LogP contribution is -2.58. The second-order valence-electron chi connectivity index (χ2n) is 18.5. The number of hydrogen-bond acceptors (Lipinski definition) is 11. The molecule has 5 atom stereocenters. The van der Waals surface area contributed by atoms with Crippen LogP contribution in [0.25, 0.3) is 21.6 Å². The van der Waals surface area contributed by atoms with E-state index in [1.165, 1.54) is 11.3 Å². The number of anilines is 1. The number of carbonyl (C=O) groups excluding carboxylic acids is 3. The van der Waals surface area contributed by atoms with Crippen molar-refractivity contribution in [3.8, 4) is 22.2 Å². The molecule has 2 aromatic heterocycles. The van der Waals surface area contributed by atoms with Gasteiger partial charge in [0.15, 0.2) is 0 Å². The molecule has 15 heteroatoms. The van der Waals surface area contributed by atoms with Gasteiger partial charge in [0, 0.05) is 34.5 Å². The quantitative estimate of drug-likeness (QED) is 0.114. The Morgan fingerprint density at radius 1 is 1.02 bits per heavy atom. The normalized spacial score (nSPS) is 23.3. The molecule has 0 radical (unpaired) electrons. The summed E-state index contributed by atoms with van der Waals surface area (Å²) in [7, 11) is -2.24.